The minimum absolute atomic E-state index is 0.0769. The average molecular weight is 345 g/mol. The van der Waals surface area contributed by atoms with Gasteiger partial charge in [-0.1, -0.05) is 24.3 Å². The highest BCUT2D eigenvalue weighted by Crippen LogP contribution is 2.25. The van der Waals surface area contributed by atoms with Crippen LogP contribution in [-0.2, 0) is 13.0 Å². The number of fused-ring (bicyclic) bond motifs is 1. The molecule has 1 unspecified atom stereocenters. The third-order valence-corrected chi connectivity index (χ3v) is 4.36. The lowest BCUT2D eigenvalue weighted by Gasteiger charge is -2.30. The molecule has 0 fully saturated rings. The maximum absolute atomic E-state index is 13.3. The Balaban J connectivity index is 1.56. The topological polar surface area (TPSA) is 78.6 Å². The van der Waals surface area contributed by atoms with Crippen LogP contribution in [0.15, 0.2) is 42.5 Å². The van der Waals surface area contributed by atoms with Crippen LogP contribution in [0.2, 0.25) is 0 Å². The van der Waals surface area contributed by atoms with Crippen LogP contribution in [0.5, 0.6) is 0 Å². The Morgan fingerprint density at radius 3 is 2.80 bits per heavy atom. The van der Waals surface area contributed by atoms with Crippen molar-refractivity contribution in [3.63, 3.8) is 0 Å². The number of nitro groups is 1. The van der Waals surface area contributed by atoms with E-state index in [-0.39, 0.29) is 17.9 Å². The fourth-order valence-corrected chi connectivity index (χ4v) is 3.11. The summed E-state index contributed by atoms with van der Waals surface area (Å²) in [6, 6.07) is 11.5. The fraction of sp³-hybridized carbons (Fsp3) is 0.333. The lowest BCUT2D eigenvalue weighted by molar-refractivity contribution is -0.384. The molecule has 0 saturated heterocycles. The number of nitrogens with zero attached hydrogens (tertiary/aromatic N) is 2. The smallest absolute Gasteiger partial charge is 0.292 e. The van der Waals surface area contributed by atoms with E-state index in [9.17, 15) is 19.6 Å². The summed E-state index contributed by atoms with van der Waals surface area (Å²) in [5.74, 6) is -0.560. The molecular formula is C18H20FN3O3. The van der Waals surface area contributed by atoms with Gasteiger partial charge >= 0.3 is 0 Å². The van der Waals surface area contributed by atoms with Crippen molar-refractivity contribution >= 4 is 11.4 Å². The molecule has 1 atom stereocenters. The van der Waals surface area contributed by atoms with Gasteiger partial charge in [-0.15, -0.1) is 0 Å². The average Bonchev–Trinajstić information content (AvgIpc) is 2.59. The number of benzene rings is 2. The number of aliphatic hydroxyl groups excluding tert-OH is 1. The molecule has 1 heterocycles. The molecule has 7 heteroatoms. The van der Waals surface area contributed by atoms with Crippen molar-refractivity contribution in [1.29, 1.82) is 0 Å². The van der Waals surface area contributed by atoms with Crippen molar-refractivity contribution < 1.29 is 14.4 Å². The van der Waals surface area contributed by atoms with Crippen molar-refractivity contribution in [2.24, 2.45) is 0 Å². The Morgan fingerprint density at radius 1 is 1.28 bits per heavy atom. The summed E-state index contributed by atoms with van der Waals surface area (Å²) in [6.07, 6.45) is 0.222. The number of hydrogen-bond acceptors (Lipinski definition) is 5. The molecule has 0 saturated carbocycles. The van der Waals surface area contributed by atoms with Crippen LogP contribution in [0.4, 0.5) is 15.8 Å². The highest BCUT2D eigenvalue weighted by molar-refractivity contribution is 5.61. The quantitative estimate of drug-likeness (QED) is 0.621. The Morgan fingerprint density at radius 2 is 2.04 bits per heavy atom. The van der Waals surface area contributed by atoms with Gasteiger partial charge in [0.05, 0.1) is 11.0 Å². The first-order chi connectivity index (χ1) is 12.0. The molecule has 132 valence electrons. The number of halogens is 1. The third kappa shape index (κ3) is 4.32. The van der Waals surface area contributed by atoms with Gasteiger partial charge in [0.25, 0.3) is 5.69 Å². The van der Waals surface area contributed by atoms with E-state index in [4.69, 9.17) is 0 Å². The summed E-state index contributed by atoms with van der Waals surface area (Å²) in [5.41, 5.74) is 2.46. The molecule has 1 aliphatic heterocycles. The zero-order valence-electron chi connectivity index (χ0n) is 13.7. The van der Waals surface area contributed by atoms with Gasteiger partial charge in [0.15, 0.2) is 0 Å². The van der Waals surface area contributed by atoms with E-state index in [0.29, 0.717) is 6.54 Å². The van der Waals surface area contributed by atoms with Crippen LogP contribution < -0.4 is 5.32 Å². The van der Waals surface area contributed by atoms with Crippen molar-refractivity contribution in [1.82, 2.24) is 4.90 Å². The van der Waals surface area contributed by atoms with E-state index in [1.165, 1.54) is 11.1 Å². The molecule has 6 nitrogen and oxygen atoms in total. The van der Waals surface area contributed by atoms with Crippen molar-refractivity contribution in [2.75, 3.05) is 25.0 Å². The maximum atomic E-state index is 13.3. The predicted octanol–water partition coefficient (Wildman–Crippen LogP) is 2.57. The lowest BCUT2D eigenvalue weighted by Crippen LogP contribution is -2.39. The second-order valence-electron chi connectivity index (χ2n) is 6.21. The van der Waals surface area contributed by atoms with Crippen LogP contribution >= 0.6 is 0 Å². The van der Waals surface area contributed by atoms with Gasteiger partial charge in [-0.2, -0.15) is 0 Å². The molecule has 0 radical (unpaired) electrons. The molecule has 25 heavy (non-hydrogen) atoms. The van der Waals surface area contributed by atoms with Gasteiger partial charge in [-0.25, -0.2) is 4.39 Å². The molecular weight excluding hydrogens is 325 g/mol. The SMILES string of the molecule is O=[N+]([O-])c1ccc(F)cc1NCC(O)CN1CCc2ccccc2C1. The highest BCUT2D eigenvalue weighted by atomic mass is 19.1. The summed E-state index contributed by atoms with van der Waals surface area (Å²) in [4.78, 5) is 12.6. The van der Waals surface area contributed by atoms with Crippen LogP contribution in [-0.4, -0.2) is 40.7 Å². The molecule has 0 amide bonds. The minimum atomic E-state index is -0.715. The zero-order valence-corrected chi connectivity index (χ0v) is 13.7. The van der Waals surface area contributed by atoms with Crippen molar-refractivity contribution in [2.45, 2.75) is 19.1 Å². The monoisotopic (exact) mass is 345 g/mol. The number of nitro benzene ring substituents is 1. The Kier molecular flexibility index (Phi) is 5.25. The van der Waals surface area contributed by atoms with Gasteiger partial charge in [0, 0.05) is 38.3 Å². The molecule has 2 aromatic carbocycles. The van der Waals surface area contributed by atoms with E-state index < -0.39 is 16.8 Å². The first-order valence-corrected chi connectivity index (χ1v) is 8.18. The first kappa shape index (κ1) is 17.3. The maximum Gasteiger partial charge on any atom is 0.292 e. The summed E-state index contributed by atoms with van der Waals surface area (Å²) < 4.78 is 13.3. The molecule has 1 aliphatic rings. The van der Waals surface area contributed by atoms with Gasteiger partial charge in [-0.3, -0.25) is 15.0 Å². The van der Waals surface area contributed by atoms with E-state index in [1.807, 2.05) is 12.1 Å². The largest absolute Gasteiger partial charge is 0.390 e. The normalized spacial score (nSPS) is 15.4. The summed E-state index contributed by atoms with van der Waals surface area (Å²) in [6.45, 7) is 2.19. The van der Waals surface area contributed by atoms with E-state index in [1.54, 1.807) is 0 Å². The van der Waals surface area contributed by atoms with E-state index >= 15 is 0 Å². The molecule has 0 aromatic heterocycles. The number of aliphatic hydroxyl groups is 1. The van der Waals surface area contributed by atoms with Crippen LogP contribution in [0, 0.1) is 15.9 Å². The van der Waals surface area contributed by atoms with Crippen LogP contribution in [0.25, 0.3) is 0 Å². The molecule has 2 N–H and O–H groups in total. The second kappa shape index (κ2) is 7.58. The zero-order chi connectivity index (χ0) is 17.8. The number of rotatable bonds is 6. The summed E-state index contributed by atoms with van der Waals surface area (Å²) >= 11 is 0. The van der Waals surface area contributed by atoms with Gasteiger partial charge < -0.3 is 10.4 Å². The molecule has 0 bridgehead atoms. The van der Waals surface area contributed by atoms with E-state index in [0.717, 1.165) is 37.7 Å². The molecule has 0 aliphatic carbocycles. The Hall–Kier alpha value is -2.51. The molecule has 0 spiro atoms. The number of nitrogens with one attached hydrogen (secondary N) is 1. The molecule has 3 rings (SSSR count). The Labute approximate surface area is 145 Å². The first-order valence-electron chi connectivity index (χ1n) is 8.18. The van der Waals surface area contributed by atoms with Gasteiger partial charge in [0.2, 0.25) is 0 Å². The number of β-amino-alcohol motifs (C(OH)–C–C–N with tert-alkyl or cyclic N) is 1. The van der Waals surface area contributed by atoms with Gasteiger partial charge in [0.1, 0.15) is 11.5 Å². The van der Waals surface area contributed by atoms with E-state index in [2.05, 4.69) is 22.3 Å². The summed E-state index contributed by atoms with van der Waals surface area (Å²) in [5, 5.41) is 24.0. The number of hydrogen-bond donors (Lipinski definition) is 2. The van der Waals surface area contributed by atoms with Crippen LogP contribution in [0.1, 0.15) is 11.1 Å². The van der Waals surface area contributed by atoms with Crippen LogP contribution in [0.3, 0.4) is 0 Å². The second-order valence-corrected chi connectivity index (χ2v) is 6.21. The standard InChI is InChI=1S/C18H20FN3O3/c19-15-5-6-18(22(24)25)17(9-15)20-10-16(23)12-21-8-7-13-3-1-2-4-14(13)11-21/h1-6,9,16,20,23H,7-8,10-12H2. The van der Waals surface area contributed by atoms with Crippen molar-refractivity contribution in [3.05, 3.63) is 69.5 Å². The van der Waals surface area contributed by atoms with Gasteiger partial charge in [-0.05, 0) is 23.6 Å². The van der Waals surface area contributed by atoms with Crippen molar-refractivity contribution in [3.8, 4) is 0 Å². The minimum Gasteiger partial charge on any atom is -0.390 e. The number of anilines is 1. The highest BCUT2D eigenvalue weighted by Gasteiger charge is 2.20. The summed E-state index contributed by atoms with van der Waals surface area (Å²) in [7, 11) is 0. The fourth-order valence-electron chi connectivity index (χ4n) is 3.11. The third-order valence-electron chi connectivity index (χ3n) is 4.36. The lowest BCUT2D eigenvalue weighted by atomic mass is 10.00. The molecule has 2 aromatic rings. The Bertz CT molecular complexity index is 769. The predicted molar refractivity (Wildman–Crippen MR) is 93.0 cm³/mol.